The molecule has 0 aliphatic heterocycles. The van der Waals surface area contributed by atoms with Crippen LogP contribution in [0.1, 0.15) is 5.56 Å². The van der Waals surface area contributed by atoms with Crippen molar-refractivity contribution in [1.29, 1.82) is 5.41 Å². The highest BCUT2D eigenvalue weighted by molar-refractivity contribution is 5.81. The van der Waals surface area contributed by atoms with Gasteiger partial charge in [-0.2, -0.15) is 0 Å². The van der Waals surface area contributed by atoms with E-state index in [1.807, 2.05) is 30.3 Å². The van der Waals surface area contributed by atoms with E-state index in [-0.39, 0.29) is 24.8 Å². The number of nitrogens with one attached hydrogen (secondary N) is 1. The number of amidine groups is 1. The summed E-state index contributed by atoms with van der Waals surface area (Å²) in [6.07, 6.45) is 0.216. The first-order valence-electron chi connectivity index (χ1n) is 4.21. The quantitative estimate of drug-likeness (QED) is 0.419. The summed E-state index contributed by atoms with van der Waals surface area (Å²) in [5.41, 5.74) is 5.93. The van der Waals surface area contributed by atoms with Crippen LogP contribution in [0, 0.1) is 5.41 Å². The van der Waals surface area contributed by atoms with Crippen LogP contribution in [0.25, 0.3) is 0 Å². The van der Waals surface area contributed by atoms with E-state index in [1.54, 1.807) is 0 Å². The largest absolute Gasteiger partial charge is 0.457 e. The van der Waals surface area contributed by atoms with Crippen LogP contribution in [0.5, 0.6) is 0 Å². The Morgan fingerprint density at radius 1 is 1.36 bits per heavy atom. The number of hydrogen-bond acceptors (Lipinski definition) is 3. The highest BCUT2D eigenvalue weighted by Crippen LogP contribution is 2.00. The lowest BCUT2D eigenvalue weighted by Crippen LogP contribution is -2.21. The summed E-state index contributed by atoms with van der Waals surface area (Å²) < 4.78 is 4.72. The number of hydrogen-bond donors (Lipinski definition) is 2. The molecule has 0 fully saturated rings. The van der Waals surface area contributed by atoms with Gasteiger partial charge < -0.3 is 10.5 Å². The molecule has 0 atom stereocenters. The highest BCUT2D eigenvalue weighted by atomic mass is 16.5. The van der Waals surface area contributed by atoms with E-state index >= 15 is 0 Å². The molecule has 0 spiro atoms. The molecule has 0 bridgehead atoms. The van der Waals surface area contributed by atoms with Crippen molar-refractivity contribution in [1.82, 2.24) is 0 Å². The minimum Gasteiger partial charge on any atom is -0.457 e. The van der Waals surface area contributed by atoms with Crippen LogP contribution in [0.3, 0.4) is 0 Å². The summed E-state index contributed by atoms with van der Waals surface area (Å²) in [6, 6.07) is 9.27. The Morgan fingerprint density at radius 2 is 2.00 bits per heavy atom. The molecule has 74 valence electrons. The van der Waals surface area contributed by atoms with Gasteiger partial charge in [-0.15, -0.1) is 0 Å². The molecular formula is C10H12N2O2. The fourth-order valence-electron chi connectivity index (χ4n) is 0.972. The average molecular weight is 192 g/mol. The maximum atomic E-state index is 11.1. The molecule has 0 aliphatic carbocycles. The van der Waals surface area contributed by atoms with Crippen molar-refractivity contribution >= 4 is 11.8 Å². The lowest BCUT2D eigenvalue weighted by molar-refractivity contribution is -0.141. The molecule has 14 heavy (non-hydrogen) atoms. The lowest BCUT2D eigenvalue weighted by Gasteiger charge is -2.02. The summed E-state index contributed by atoms with van der Waals surface area (Å²) in [4.78, 5) is 11.1. The van der Waals surface area contributed by atoms with Gasteiger partial charge in [-0.3, -0.25) is 10.2 Å². The standard InChI is InChI=1S/C10H12N2O2/c11-9(12)7-14-10(13)6-8-4-2-1-3-5-8/h1-5H,6-7H2,(H3,11,12). The molecule has 4 heteroatoms. The first kappa shape index (κ1) is 10.2. The third-order valence-electron chi connectivity index (χ3n) is 1.58. The lowest BCUT2D eigenvalue weighted by atomic mass is 10.2. The van der Waals surface area contributed by atoms with E-state index in [4.69, 9.17) is 15.9 Å². The predicted molar refractivity (Wildman–Crippen MR) is 53.0 cm³/mol. The van der Waals surface area contributed by atoms with Gasteiger partial charge in [-0.1, -0.05) is 30.3 Å². The molecule has 0 saturated carbocycles. The molecule has 0 saturated heterocycles. The number of carbonyl (C=O) groups excluding carboxylic acids is 1. The van der Waals surface area contributed by atoms with Crippen molar-refractivity contribution < 1.29 is 9.53 Å². The number of ether oxygens (including phenoxy) is 1. The second-order valence-corrected chi connectivity index (χ2v) is 2.85. The van der Waals surface area contributed by atoms with Gasteiger partial charge in [0, 0.05) is 0 Å². The van der Waals surface area contributed by atoms with Gasteiger partial charge in [0.15, 0.2) is 0 Å². The van der Waals surface area contributed by atoms with Crippen LogP contribution in [-0.4, -0.2) is 18.4 Å². The molecule has 0 radical (unpaired) electrons. The Balaban J connectivity index is 2.38. The second-order valence-electron chi connectivity index (χ2n) is 2.85. The van der Waals surface area contributed by atoms with Crippen molar-refractivity contribution in [2.75, 3.05) is 6.61 Å². The van der Waals surface area contributed by atoms with Crippen LogP contribution >= 0.6 is 0 Å². The zero-order valence-electron chi connectivity index (χ0n) is 7.69. The van der Waals surface area contributed by atoms with Crippen LogP contribution in [0.15, 0.2) is 30.3 Å². The Morgan fingerprint density at radius 3 is 2.57 bits per heavy atom. The maximum absolute atomic E-state index is 11.1. The smallest absolute Gasteiger partial charge is 0.310 e. The first-order chi connectivity index (χ1) is 6.68. The second kappa shape index (κ2) is 5.01. The van der Waals surface area contributed by atoms with Crippen molar-refractivity contribution in [3.8, 4) is 0 Å². The van der Waals surface area contributed by atoms with Crippen molar-refractivity contribution in [2.24, 2.45) is 5.73 Å². The molecule has 1 aromatic rings. The van der Waals surface area contributed by atoms with Gasteiger partial charge in [0.25, 0.3) is 0 Å². The molecule has 0 heterocycles. The zero-order valence-corrected chi connectivity index (χ0v) is 7.69. The SMILES string of the molecule is N=C(N)COC(=O)Cc1ccccc1. The van der Waals surface area contributed by atoms with E-state index in [2.05, 4.69) is 0 Å². The minimum atomic E-state index is -0.369. The van der Waals surface area contributed by atoms with Gasteiger partial charge in [-0.25, -0.2) is 0 Å². The zero-order chi connectivity index (χ0) is 10.4. The molecule has 4 nitrogen and oxygen atoms in total. The highest BCUT2D eigenvalue weighted by Gasteiger charge is 2.04. The average Bonchev–Trinajstić information content (AvgIpc) is 2.16. The number of nitrogens with two attached hydrogens (primary N) is 1. The summed E-state index contributed by atoms with van der Waals surface area (Å²) in [5, 5.41) is 6.87. The van der Waals surface area contributed by atoms with Crippen LogP contribution < -0.4 is 5.73 Å². The van der Waals surface area contributed by atoms with E-state index in [0.717, 1.165) is 5.56 Å². The third kappa shape index (κ3) is 3.71. The molecular weight excluding hydrogens is 180 g/mol. The molecule has 0 unspecified atom stereocenters. The van der Waals surface area contributed by atoms with Crippen molar-refractivity contribution in [3.63, 3.8) is 0 Å². The van der Waals surface area contributed by atoms with E-state index in [9.17, 15) is 4.79 Å². The van der Waals surface area contributed by atoms with Crippen LogP contribution in [-0.2, 0) is 16.0 Å². The van der Waals surface area contributed by atoms with E-state index < -0.39 is 0 Å². The number of esters is 1. The van der Waals surface area contributed by atoms with E-state index in [0.29, 0.717) is 0 Å². The Kier molecular flexibility index (Phi) is 3.67. The molecule has 1 aromatic carbocycles. The summed E-state index contributed by atoms with van der Waals surface area (Å²) in [7, 11) is 0. The fourth-order valence-corrected chi connectivity index (χ4v) is 0.972. The summed E-state index contributed by atoms with van der Waals surface area (Å²) >= 11 is 0. The number of rotatable bonds is 4. The van der Waals surface area contributed by atoms with Crippen LogP contribution in [0.4, 0.5) is 0 Å². The van der Waals surface area contributed by atoms with Gasteiger partial charge in [0.2, 0.25) is 0 Å². The summed E-state index contributed by atoms with van der Waals surface area (Å²) in [6.45, 7) is -0.133. The molecule has 3 N–H and O–H groups in total. The Labute approximate surface area is 82.2 Å². The van der Waals surface area contributed by atoms with Gasteiger partial charge in [0.1, 0.15) is 12.4 Å². The van der Waals surface area contributed by atoms with Crippen LogP contribution in [0.2, 0.25) is 0 Å². The number of carbonyl (C=O) groups is 1. The number of benzene rings is 1. The predicted octanol–water partition coefficient (Wildman–Crippen LogP) is 0.708. The molecule has 0 aliphatic rings. The first-order valence-corrected chi connectivity index (χ1v) is 4.21. The summed E-state index contributed by atoms with van der Waals surface area (Å²) in [5.74, 6) is -0.516. The molecule has 0 aromatic heterocycles. The molecule has 0 amide bonds. The van der Waals surface area contributed by atoms with Crippen molar-refractivity contribution in [3.05, 3.63) is 35.9 Å². The van der Waals surface area contributed by atoms with Crippen molar-refractivity contribution in [2.45, 2.75) is 6.42 Å². The fraction of sp³-hybridized carbons (Fsp3) is 0.200. The Hall–Kier alpha value is -1.84. The van der Waals surface area contributed by atoms with Gasteiger partial charge >= 0.3 is 5.97 Å². The third-order valence-corrected chi connectivity index (χ3v) is 1.58. The monoisotopic (exact) mass is 192 g/mol. The Bertz CT molecular complexity index is 322. The minimum absolute atomic E-state index is 0.133. The van der Waals surface area contributed by atoms with Gasteiger partial charge in [0.05, 0.1) is 6.42 Å². The van der Waals surface area contributed by atoms with Gasteiger partial charge in [-0.05, 0) is 5.56 Å². The topological polar surface area (TPSA) is 76.2 Å². The maximum Gasteiger partial charge on any atom is 0.310 e. The molecule has 1 rings (SSSR count). The van der Waals surface area contributed by atoms with E-state index in [1.165, 1.54) is 0 Å². The normalized spacial score (nSPS) is 9.43.